The van der Waals surface area contributed by atoms with Crippen molar-refractivity contribution < 1.29 is 19.1 Å². The number of esters is 1. The predicted octanol–water partition coefficient (Wildman–Crippen LogP) is 3.44. The van der Waals surface area contributed by atoms with Gasteiger partial charge in [0.25, 0.3) is 5.91 Å². The third-order valence-electron chi connectivity index (χ3n) is 4.34. The van der Waals surface area contributed by atoms with Gasteiger partial charge in [0.05, 0.1) is 18.2 Å². The molecule has 6 nitrogen and oxygen atoms in total. The van der Waals surface area contributed by atoms with E-state index in [4.69, 9.17) is 9.47 Å². The summed E-state index contributed by atoms with van der Waals surface area (Å²) in [4.78, 5) is 28.6. The number of nitrogens with zero attached hydrogens (tertiary/aromatic N) is 1. The van der Waals surface area contributed by atoms with E-state index in [-0.39, 0.29) is 30.5 Å². The van der Waals surface area contributed by atoms with Gasteiger partial charge in [-0.25, -0.2) is 4.98 Å². The molecule has 1 N–H and O–H groups in total. The van der Waals surface area contributed by atoms with Gasteiger partial charge in [0.1, 0.15) is 6.10 Å². The van der Waals surface area contributed by atoms with Crippen LogP contribution in [0.2, 0.25) is 0 Å². The Morgan fingerprint density at radius 2 is 2.00 bits per heavy atom. The van der Waals surface area contributed by atoms with Gasteiger partial charge in [0, 0.05) is 24.5 Å². The van der Waals surface area contributed by atoms with Gasteiger partial charge in [-0.2, -0.15) is 0 Å². The van der Waals surface area contributed by atoms with E-state index < -0.39 is 0 Å². The van der Waals surface area contributed by atoms with E-state index in [9.17, 15) is 9.59 Å². The molecule has 7 heteroatoms. The quantitative estimate of drug-likeness (QED) is 0.784. The van der Waals surface area contributed by atoms with Crippen molar-refractivity contribution in [2.24, 2.45) is 0 Å². The molecule has 0 saturated heterocycles. The second-order valence-corrected chi connectivity index (χ2v) is 7.14. The number of rotatable bonds is 6. The van der Waals surface area contributed by atoms with E-state index >= 15 is 0 Å². The Morgan fingerprint density at radius 1 is 1.23 bits per heavy atom. The Labute approximate surface area is 156 Å². The molecule has 3 rings (SSSR count). The van der Waals surface area contributed by atoms with Crippen LogP contribution in [0.1, 0.15) is 41.7 Å². The lowest BCUT2D eigenvalue weighted by atomic mass is 9.95. The molecule has 0 bridgehead atoms. The summed E-state index contributed by atoms with van der Waals surface area (Å²) >= 11 is 1.29. The van der Waals surface area contributed by atoms with Gasteiger partial charge in [0.2, 0.25) is 0 Å². The fourth-order valence-corrected chi connectivity index (χ4v) is 3.71. The zero-order valence-corrected chi connectivity index (χ0v) is 15.5. The summed E-state index contributed by atoms with van der Waals surface area (Å²) < 4.78 is 10.9. The van der Waals surface area contributed by atoms with Crippen molar-refractivity contribution in [3.8, 4) is 0 Å². The minimum atomic E-state index is -0.294. The first-order valence-corrected chi connectivity index (χ1v) is 9.55. The number of anilines is 1. The minimum Gasteiger partial charge on any atom is -0.462 e. The smallest absolute Gasteiger partial charge is 0.312 e. The molecular formula is C19H22N2O4S. The molecule has 1 fully saturated rings. The van der Waals surface area contributed by atoms with Crippen molar-refractivity contribution in [3.05, 3.63) is 47.0 Å². The molecule has 1 aliphatic rings. The number of benzene rings is 1. The first-order valence-electron chi connectivity index (χ1n) is 8.67. The molecule has 0 aliphatic heterocycles. The molecule has 2 atom stereocenters. The number of carbonyl (C=O) groups excluding carboxylic acids is 2. The third-order valence-corrected chi connectivity index (χ3v) is 5.15. The fraction of sp³-hybridized carbons (Fsp3) is 0.421. The van der Waals surface area contributed by atoms with Crippen molar-refractivity contribution in [1.82, 2.24) is 4.98 Å². The number of carbonyl (C=O) groups is 2. The van der Waals surface area contributed by atoms with Crippen LogP contribution in [-0.4, -0.2) is 36.2 Å². The van der Waals surface area contributed by atoms with Gasteiger partial charge in [-0.15, -0.1) is 11.3 Å². The highest BCUT2D eigenvalue weighted by molar-refractivity contribution is 7.14. The standard InChI is InChI=1S/C19H22N2O4S/c1-24-15-8-5-9-16(11-15)25-17(22)10-14-12-26-19(20-14)21-18(23)13-6-3-2-4-7-13/h2-4,6-7,12,15-16H,5,8-11H2,1H3,(H,20,21,23)/t15-,16+/m0/s1. The highest BCUT2D eigenvalue weighted by atomic mass is 32.1. The Hall–Kier alpha value is -2.25. The molecule has 1 saturated carbocycles. The van der Waals surface area contributed by atoms with Crippen molar-refractivity contribution in [1.29, 1.82) is 0 Å². The zero-order valence-electron chi connectivity index (χ0n) is 14.6. The third kappa shape index (κ3) is 5.12. The maximum Gasteiger partial charge on any atom is 0.312 e. The number of aromatic nitrogens is 1. The van der Waals surface area contributed by atoms with Gasteiger partial charge < -0.3 is 9.47 Å². The molecule has 1 amide bonds. The first kappa shape index (κ1) is 18.5. The van der Waals surface area contributed by atoms with Crippen LogP contribution in [0.25, 0.3) is 0 Å². The molecule has 26 heavy (non-hydrogen) atoms. The first-order chi connectivity index (χ1) is 12.6. The maximum absolute atomic E-state index is 12.1. The summed E-state index contributed by atoms with van der Waals surface area (Å²) in [5.41, 5.74) is 1.16. The Kier molecular flexibility index (Phi) is 6.35. The van der Waals surface area contributed by atoms with Crippen molar-refractivity contribution >= 4 is 28.3 Å². The predicted molar refractivity (Wildman–Crippen MR) is 99.4 cm³/mol. The summed E-state index contributed by atoms with van der Waals surface area (Å²) in [5.74, 6) is -0.514. The second-order valence-electron chi connectivity index (χ2n) is 6.28. The molecule has 0 unspecified atom stereocenters. The van der Waals surface area contributed by atoms with E-state index in [2.05, 4.69) is 10.3 Å². The highest BCUT2D eigenvalue weighted by Crippen LogP contribution is 2.24. The largest absolute Gasteiger partial charge is 0.462 e. The Balaban J connectivity index is 1.50. The van der Waals surface area contributed by atoms with Crippen LogP contribution < -0.4 is 5.32 Å². The van der Waals surface area contributed by atoms with Gasteiger partial charge in [-0.1, -0.05) is 18.2 Å². The molecule has 1 aromatic carbocycles. The van der Waals surface area contributed by atoms with E-state index in [1.165, 1.54) is 11.3 Å². The van der Waals surface area contributed by atoms with Crippen molar-refractivity contribution in [3.63, 3.8) is 0 Å². The number of ether oxygens (including phenoxy) is 2. The van der Waals surface area contributed by atoms with Crippen LogP contribution in [0, 0.1) is 0 Å². The summed E-state index contributed by atoms with van der Waals surface area (Å²) in [6.07, 6.45) is 3.83. The van der Waals surface area contributed by atoms with E-state index in [1.807, 2.05) is 6.07 Å². The van der Waals surface area contributed by atoms with Gasteiger partial charge in [-0.3, -0.25) is 14.9 Å². The van der Waals surface area contributed by atoms with E-state index in [1.54, 1.807) is 36.8 Å². The topological polar surface area (TPSA) is 77.5 Å². The monoisotopic (exact) mass is 374 g/mol. The minimum absolute atomic E-state index is 0.0860. The second kappa shape index (κ2) is 8.91. The molecule has 2 aromatic rings. The lowest BCUT2D eigenvalue weighted by Crippen LogP contribution is -2.29. The average molecular weight is 374 g/mol. The normalized spacial score (nSPS) is 19.7. The molecule has 0 spiro atoms. The van der Waals surface area contributed by atoms with E-state index in [0.29, 0.717) is 16.4 Å². The summed E-state index contributed by atoms with van der Waals surface area (Å²) in [5, 5.41) is 4.98. The maximum atomic E-state index is 12.1. The number of hydrogen-bond donors (Lipinski definition) is 1. The van der Waals surface area contributed by atoms with Crippen LogP contribution >= 0.6 is 11.3 Å². The lowest BCUT2D eigenvalue weighted by molar-refractivity contribution is -0.151. The molecule has 138 valence electrons. The Bertz CT molecular complexity index is 747. The molecule has 1 aromatic heterocycles. The lowest BCUT2D eigenvalue weighted by Gasteiger charge is -2.27. The number of methoxy groups -OCH3 is 1. The molecule has 1 aliphatic carbocycles. The number of hydrogen-bond acceptors (Lipinski definition) is 6. The molecular weight excluding hydrogens is 352 g/mol. The van der Waals surface area contributed by atoms with Gasteiger partial charge in [-0.05, 0) is 31.4 Å². The summed E-state index contributed by atoms with van der Waals surface area (Å²) in [7, 11) is 1.69. The molecule has 1 heterocycles. The number of nitrogens with one attached hydrogen (secondary N) is 1. The van der Waals surface area contributed by atoms with Crippen LogP contribution in [0.3, 0.4) is 0 Å². The SMILES string of the molecule is CO[C@H]1CCC[C@@H](OC(=O)Cc2csc(NC(=O)c3ccccc3)n2)C1. The van der Waals surface area contributed by atoms with E-state index in [0.717, 1.165) is 25.7 Å². The highest BCUT2D eigenvalue weighted by Gasteiger charge is 2.25. The fourth-order valence-electron chi connectivity index (χ4n) is 3.00. The van der Waals surface area contributed by atoms with Crippen LogP contribution in [0.4, 0.5) is 5.13 Å². The van der Waals surface area contributed by atoms with Crippen molar-refractivity contribution in [2.75, 3.05) is 12.4 Å². The summed E-state index contributed by atoms with van der Waals surface area (Å²) in [6, 6.07) is 8.93. The van der Waals surface area contributed by atoms with Gasteiger partial charge in [0.15, 0.2) is 5.13 Å². The number of thiazole rings is 1. The average Bonchev–Trinajstić information content (AvgIpc) is 3.09. The Morgan fingerprint density at radius 3 is 2.77 bits per heavy atom. The zero-order chi connectivity index (χ0) is 18.4. The van der Waals surface area contributed by atoms with Crippen LogP contribution in [0.15, 0.2) is 35.7 Å². The van der Waals surface area contributed by atoms with Gasteiger partial charge >= 0.3 is 5.97 Å². The summed E-state index contributed by atoms with van der Waals surface area (Å²) in [6.45, 7) is 0. The van der Waals surface area contributed by atoms with Crippen LogP contribution in [0.5, 0.6) is 0 Å². The van der Waals surface area contributed by atoms with Crippen molar-refractivity contribution in [2.45, 2.75) is 44.3 Å². The van der Waals surface area contributed by atoms with Crippen LogP contribution in [-0.2, 0) is 20.7 Å². The molecule has 0 radical (unpaired) electrons. The number of amides is 1.